The van der Waals surface area contributed by atoms with Crippen LogP contribution in [-0.4, -0.2) is 59.7 Å². The van der Waals surface area contributed by atoms with Crippen LogP contribution in [0.3, 0.4) is 0 Å². The Balaban J connectivity index is 1.33. The number of hydrogen-bond donors (Lipinski definition) is 2. The number of likely N-dealkylation sites (tertiary alicyclic amines) is 1. The molecule has 1 aliphatic heterocycles. The van der Waals surface area contributed by atoms with Gasteiger partial charge in [-0.1, -0.05) is 44.8 Å². The molecule has 4 heteroatoms. The number of hydrogen-bond acceptors (Lipinski definition) is 4. The standard InChI is InChI=1S/C25H45NO3/c1-2-3-5-10-21(27)11-12-23-24-19-22(17-20(24)18-25(23)28)29-16-9-8-15-26-13-6-4-7-14-26/h11-12,20-25,27-28H,2-10,13-19H2,1H3/t20-,21?,22?,23+,24+,25+/m0/s1. The summed E-state index contributed by atoms with van der Waals surface area (Å²) < 4.78 is 6.23. The third kappa shape index (κ3) is 7.34. The summed E-state index contributed by atoms with van der Waals surface area (Å²) in [6.45, 7) is 6.88. The molecule has 6 atom stereocenters. The topological polar surface area (TPSA) is 52.9 Å². The minimum absolute atomic E-state index is 0.202. The quantitative estimate of drug-likeness (QED) is 0.368. The van der Waals surface area contributed by atoms with Gasteiger partial charge in [0.25, 0.3) is 0 Å². The molecule has 0 spiro atoms. The van der Waals surface area contributed by atoms with Crippen LogP contribution in [0.4, 0.5) is 0 Å². The molecule has 3 aliphatic rings. The van der Waals surface area contributed by atoms with Gasteiger partial charge >= 0.3 is 0 Å². The van der Waals surface area contributed by atoms with E-state index in [0.717, 1.165) is 45.1 Å². The third-order valence-electron chi connectivity index (χ3n) is 7.52. The van der Waals surface area contributed by atoms with Crippen molar-refractivity contribution in [1.82, 2.24) is 4.90 Å². The van der Waals surface area contributed by atoms with Crippen molar-refractivity contribution in [3.8, 4) is 0 Å². The zero-order valence-corrected chi connectivity index (χ0v) is 18.7. The molecule has 2 aliphatic carbocycles. The van der Waals surface area contributed by atoms with E-state index in [1.807, 2.05) is 6.08 Å². The lowest BCUT2D eigenvalue weighted by atomic mass is 9.90. The number of ether oxygens (including phenoxy) is 1. The zero-order chi connectivity index (χ0) is 20.5. The molecule has 2 saturated carbocycles. The summed E-state index contributed by atoms with van der Waals surface area (Å²) in [5.74, 6) is 1.33. The van der Waals surface area contributed by atoms with Gasteiger partial charge in [-0.2, -0.15) is 0 Å². The Bertz CT molecular complexity index is 477. The maximum atomic E-state index is 10.5. The smallest absolute Gasteiger partial charge is 0.0721 e. The van der Waals surface area contributed by atoms with E-state index in [0.29, 0.717) is 17.9 Å². The fourth-order valence-corrected chi connectivity index (χ4v) is 5.83. The van der Waals surface area contributed by atoms with Crippen LogP contribution in [0.25, 0.3) is 0 Å². The van der Waals surface area contributed by atoms with Crippen molar-refractivity contribution in [2.24, 2.45) is 17.8 Å². The number of unbranched alkanes of at least 4 members (excludes halogenated alkanes) is 3. The predicted octanol–water partition coefficient (Wildman–Crippen LogP) is 4.54. The minimum atomic E-state index is -0.360. The molecule has 3 fully saturated rings. The lowest BCUT2D eigenvalue weighted by Crippen LogP contribution is -2.30. The van der Waals surface area contributed by atoms with Crippen molar-refractivity contribution in [1.29, 1.82) is 0 Å². The second kappa shape index (κ2) is 12.4. The van der Waals surface area contributed by atoms with Gasteiger partial charge in [0.15, 0.2) is 0 Å². The lowest BCUT2D eigenvalue weighted by molar-refractivity contribution is 0.0402. The van der Waals surface area contributed by atoms with Gasteiger partial charge in [-0.25, -0.2) is 0 Å². The van der Waals surface area contributed by atoms with Crippen molar-refractivity contribution in [3.63, 3.8) is 0 Å². The number of aliphatic hydroxyl groups is 2. The zero-order valence-electron chi connectivity index (χ0n) is 18.7. The Morgan fingerprint density at radius 1 is 1.03 bits per heavy atom. The van der Waals surface area contributed by atoms with E-state index < -0.39 is 0 Å². The van der Waals surface area contributed by atoms with Crippen molar-refractivity contribution < 1.29 is 14.9 Å². The molecule has 0 aromatic carbocycles. The number of rotatable bonds is 12. The predicted molar refractivity (Wildman–Crippen MR) is 119 cm³/mol. The SMILES string of the molecule is CCCCCC(O)C=C[C@@H]1[C@@H]2CC(OCCCCN3CCCCC3)C[C@H]2C[C@H]1O. The average Bonchev–Trinajstić information content (AvgIpc) is 3.23. The van der Waals surface area contributed by atoms with E-state index in [-0.39, 0.29) is 18.1 Å². The lowest BCUT2D eigenvalue weighted by Gasteiger charge is -2.26. The van der Waals surface area contributed by atoms with Crippen molar-refractivity contribution in [2.75, 3.05) is 26.2 Å². The summed E-state index contributed by atoms with van der Waals surface area (Å²) in [6, 6.07) is 0. The highest BCUT2D eigenvalue weighted by molar-refractivity contribution is 5.07. The van der Waals surface area contributed by atoms with Crippen LogP contribution >= 0.6 is 0 Å². The molecule has 1 saturated heterocycles. The fourth-order valence-electron chi connectivity index (χ4n) is 5.83. The fraction of sp³-hybridized carbons (Fsp3) is 0.920. The van der Waals surface area contributed by atoms with E-state index in [1.165, 1.54) is 58.2 Å². The first kappa shape index (κ1) is 23.2. The highest BCUT2D eigenvalue weighted by atomic mass is 16.5. The molecular formula is C25H45NO3. The van der Waals surface area contributed by atoms with Gasteiger partial charge < -0.3 is 19.8 Å². The molecule has 168 valence electrons. The monoisotopic (exact) mass is 407 g/mol. The Hall–Kier alpha value is -0.420. The molecule has 2 unspecified atom stereocenters. The number of aliphatic hydroxyl groups excluding tert-OH is 2. The summed E-state index contributed by atoms with van der Waals surface area (Å²) in [7, 11) is 0. The van der Waals surface area contributed by atoms with E-state index in [4.69, 9.17) is 4.74 Å². The van der Waals surface area contributed by atoms with E-state index in [9.17, 15) is 10.2 Å². The second-order valence-electron chi connectivity index (χ2n) is 9.83. The molecule has 2 N–H and O–H groups in total. The summed E-state index contributed by atoms with van der Waals surface area (Å²) in [6.07, 6.45) is 17.8. The maximum absolute atomic E-state index is 10.5. The van der Waals surface area contributed by atoms with Gasteiger partial charge in [-0.05, 0) is 82.8 Å². The number of fused-ring (bicyclic) bond motifs is 1. The Morgan fingerprint density at radius 2 is 1.86 bits per heavy atom. The molecule has 4 nitrogen and oxygen atoms in total. The first-order valence-electron chi connectivity index (χ1n) is 12.6. The molecule has 0 amide bonds. The molecule has 3 rings (SSSR count). The Kier molecular flexibility index (Phi) is 9.97. The Morgan fingerprint density at radius 3 is 2.66 bits per heavy atom. The third-order valence-corrected chi connectivity index (χ3v) is 7.52. The van der Waals surface area contributed by atoms with Crippen LogP contribution in [-0.2, 0) is 4.74 Å². The summed E-state index contributed by atoms with van der Waals surface area (Å²) in [5.41, 5.74) is 0. The average molecular weight is 408 g/mol. The first-order chi connectivity index (χ1) is 14.2. The van der Waals surface area contributed by atoms with Crippen LogP contribution in [0, 0.1) is 17.8 Å². The Labute approximate surface area is 178 Å². The van der Waals surface area contributed by atoms with Gasteiger partial charge in [0.05, 0.1) is 18.3 Å². The maximum Gasteiger partial charge on any atom is 0.0721 e. The normalized spacial score (nSPS) is 34.1. The first-order valence-corrected chi connectivity index (χ1v) is 12.6. The summed E-state index contributed by atoms with van der Waals surface area (Å²) in [5, 5.41) is 20.7. The van der Waals surface area contributed by atoms with Crippen LogP contribution in [0.5, 0.6) is 0 Å². The van der Waals surface area contributed by atoms with Crippen LogP contribution in [0.1, 0.15) is 84.0 Å². The van der Waals surface area contributed by atoms with Gasteiger partial charge in [0.1, 0.15) is 0 Å². The molecule has 0 bridgehead atoms. The van der Waals surface area contributed by atoms with Crippen LogP contribution in [0.15, 0.2) is 12.2 Å². The largest absolute Gasteiger partial charge is 0.392 e. The summed E-state index contributed by atoms with van der Waals surface area (Å²) in [4.78, 5) is 2.61. The molecule has 0 radical (unpaired) electrons. The highest BCUT2D eigenvalue weighted by Crippen LogP contribution is 2.49. The van der Waals surface area contributed by atoms with Crippen LogP contribution < -0.4 is 0 Å². The number of piperidine rings is 1. The van der Waals surface area contributed by atoms with Crippen molar-refractivity contribution >= 4 is 0 Å². The van der Waals surface area contributed by atoms with Gasteiger partial charge in [-0.3, -0.25) is 0 Å². The second-order valence-corrected chi connectivity index (χ2v) is 9.83. The minimum Gasteiger partial charge on any atom is -0.392 e. The molecule has 29 heavy (non-hydrogen) atoms. The van der Waals surface area contributed by atoms with Gasteiger partial charge in [-0.15, -0.1) is 0 Å². The molecule has 0 aromatic rings. The molecule has 1 heterocycles. The number of nitrogens with zero attached hydrogens (tertiary/aromatic N) is 1. The summed E-state index contributed by atoms with van der Waals surface area (Å²) >= 11 is 0. The van der Waals surface area contributed by atoms with E-state index >= 15 is 0 Å². The van der Waals surface area contributed by atoms with Gasteiger partial charge in [0, 0.05) is 12.5 Å². The van der Waals surface area contributed by atoms with E-state index in [2.05, 4.69) is 17.9 Å². The van der Waals surface area contributed by atoms with Crippen molar-refractivity contribution in [2.45, 2.75) is 102 Å². The van der Waals surface area contributed by atoms with Crippen molar-refractivity contribution in [3.05, 3.63) is 12.2 Å². The highest BCUT2D eigenvalue weighted by Gasteiger charge is 2.47. The van der Waals surface area contributed by atoms with E-state index in [1.54, 1.807) is 0 Å². The molecule has 0 aromatic heterocycles. The van der Waals surface area contributed by atoms with Gasteiger partial charge in [0.2, 0.25) is 0 Å². The van der Waals surface area contributed by atoms with Crippen LogP contribution in [0.2, 0.25) is 0 Å². The molecular weight excluding hydrogens is 362 g/mol.